The normalized spacial score (nSPS) is 24.8. The number of alkyl carbamates (subject to hydrolysis) is 1. The number of ether oxygens (including phenoxy) is 2. The molecule has 1 aliphatic heterocycles. The zero-order chi connectivity index (χ0) is 22.0. The van der Waals surface area contributed by atoms with E-state index in [2.05, 4.69) is 47.1 Å². The van der Waals surface area contributed by atoms with Gasteiger partial charge in [0.25, 0.3) is 0 Å². The molecule has 8 nitrogen and oxygen atoms in total. The summed E-state index contributed by atoms with van der Waals surface area (Å²) in [7, 11) is 0. The summed E-state index contributed by atoms with van der Waals surface area (Å²) in [4.78, 5) is 16.8. The van der Waals surface area contributed by atoms with Crippen molar-refractivity contribution < 1.29 is 14.3 Å². The van der Waals surface area contributed by atoms with Crippen molar-refractivity contribution in [2.45, 2.75) is 83.5 Å². The molecule has 0 saturated heterocycles. The molecule has 8 heteroatoms. The van der Waals surface area contributed by atoms with Crippen molar-refractivity contribution in [1.82, 2.24) is 20.1 Å². The molecule has 3 atom stereocenters. The Bertz CT molecular complexity index is 920. The van der Waals surface area contributed by atoms with Crippen LogP contribution in [0.1, 0.15) is 71.4 Å². The predicted octanol–water partition coefficient (Wildman–Crippen LogP) is 4.70. The van der Waals surface area contributed by atoms with E-state index in [1.54, 1.807) is 0 Å². The van der Waals surface area contributed by atoms with Gasteiger partial charge in [0.2, 0.25) is 5.88 Å². The van der Waals surface area contributed by atoms with Crippen molar-refractivity contribution in [3.8, 4) is 5.88 Å². The molecule has 2 aromatic rings. The fourth-order valence-corrected chi connectivity index (χ4v) is 4.32. The lowest BCUT2D eigenvalue weighted by Crippen LogP contribution is -2.29. The van der Waals surface area contributed by atoms with Gasteiger partial charge in [0.05, 0.1) is 11.6 Å². The number of hydrogen-bond donors (Lipinski definition) is 2. The zero-order valence-corrected chi connectivity index (χ0v) is 18.9. The number of carbonyl (C=O) groups is 1. The Balaban J connectivity index is 1.64. The molecule has 1 saturated carbocycles. The Morgan fingerprint density at radius 1 is 1.13 bits per heavy atom. The van der Waals surface area contributed by atoms with Crippen molar-refractivity contribution in [2.24, 2.45) is 0 Å². The highest BCUT2D eigenvalue weighted by Crippen LogP contribution is 2.39. The van der Waals surface area contributed by atoms with E-state index < -0.39 is 0 Å². The summed E-state index contributed by atoms with van der Waals surface area (Å²) in [5.74, 6) is 2.32. The molecule has 0 spiro atoms. The summed E-state index contributed by atoms with van der Waals surface area (Å²) >= 11 is 0. The number of aromatic nitrogens is 3. The van der Waals surface area contributed by atoms with Crippen LogP contribution >= 0.6 is 0 Å². The van der Waals surface area contributed by atoms with E-state index in [9.17, 15) is 4.79 Å². The number of anilines is 2. The lowest BCUT2D eigenvalue weighted by atomic mass is 10.0. The summed E-state index contributed by atoms with van der Waals surface area (Å²) in [6.07, 6.45) is 3.86. The fourth-order valence-electron chi connectivity index (χ4n) is 4.32. The van der Waals surface area contributed by atoms with Crippen LogP contribution in [-0.2, 0) is 10.3 Å². The van der Waals surface area contributed by atoms with Gasteiger partial charge in [0.15, 0.2) is 5.82 Å². The van der Waals surface area contributed by atoms with Gasteiger partial charge >= 0.3 is 6.09 Å². The van der Waals surface area contributed by atoms with Crippen molar-refractivity contribution in [1.29, 1.82) is 0 Å². The van der Waals surface area contributed by atoms with Crippen molar-refractivity contribution in [2.75, 3.05) is 11.9 Å². The molecule has 1 amide bonds. The molecule has 1 fully saturated rings. The monoisotopic (exact) mass is 427 g/mol. The van der Waals surface area contributed by atoms with Gasteiger partial charge < -0.3 is 20.1 Å². The molecule has 0 aromatic carbocycles. The summed E-state index contributed by atoms with van der Waals surface area (Å²) in [5, 5.41) is 11.1. The summed E-state index contributed by atoms with van der Waals surface area (Å²) in [6, 6.07) is 7.80. The van der Waals surface area contributed by atoms with Crippen LogP contribution in [0, 0.1) is 0 Å². The first-order valence-electron chi connectivity index (χ1n) is 11.2. The Labute approximate surface area is 183 Å². The maximum atomic E-state index is 12.2. The largest absolute Gasteiger partial charge is 0.475 e. The molecule has 6 bridgehead atoms. The number of nitrogens with one attached hydrogen (secondary N) is 2. The van der Waals surface area contributed by atoms with Crippen LogP contribution in [0.5, 0.6) is 5.88 Å². The van der Waals surface area contributed by atoms with Crippen LogP contribution in [0.15, 0.2) is 24.3 Å². The highest BCUT2D eigenvalue weighted by Gasteiger charge is 2.33. The average molecular weight is 428 g/mol. The van der Waals surface area contributed by atoms with Gasteiger partial charge in [-0.2, -0.15) is 10.1 Å². The van der Waals surface area contributed by atoms with Crippen LogP contribution < -0.4 is 15.4 Å². The van der Waals surface area contributed by atoms with E-state index >= 15 is 0 Å². The van der Waals surface area contributed by atoms with Crippen LogP contribution in [0.25, 0.3) is 0 Å². The first kappa shape index (κ1) is 21.5. The van der Waals surface area contributed by atoms with E-state index in [4.69, 9.17) is 14.6 Å². The Morgan fingerprint density at radius 2 is 1.97 bits per heavy atom. The lowest BCUT2D eigenvalue weighted by Gasteiger charge is -2.24. The Hall–Kier alpha value is -2.77. The Kier molecular flexibility index (Phi) is 6.07. The topological polar surface area (TPSA) is 90.3 Å². The third-order valence-corrected chi connectivity index (χ3v) is 5.81. The number of pyridine rings is 1. The number of carbonyl (C=O) groups excluding carboxylic acids is 1. The van der Waals surface area contributed by atoms with E-state index in [1.165, 1.54) is 0 Å². The maximum Gasteiger partial charge on any atom is 0.407 e. The van der Waals surface area contributed by atoms with E-state index in [0.717, 1.165) is 43.6 Å². The smallest absolute Gasteiger partial charge is 0.407 e. The molecule has 168 valence electrons. The minimum Gasteiger partial charge on any atom is -0.475 e. The molecule has 31 heavy (non-hydrogen) atoms. The number of fused-ring (bicyclic) bond motifs is 7. The molecular formula is C23H33N5O3. The first-order chi connectivity index (χ1) is 14.8. The second kappa shape index (κ2) is 8.77. The fraction of sp³-hybridized carbons (Fsp3) is 0.609. The van der Waals surface area contributed by atoms with Crippen molar-refractivity contribution in [3.63, 3.8) is 0 Å². The summed E-state index contributed by atoms with van der Waals surface area (Å²) in [5.41, 5.74) is 0.988. The molecule has 1 aliphatic carbocycles. The van der Waals surface area contributed by atoms with Crippen LogP contribution in [0.3, 0.4) is 0 Å². The van der Waals surface area contributed by atoms with Crippen LogP contribution in [0.4, 0.5) is 16.4 Å². The van der Waals surface area contributed by atoms with E-state index in [-0.39, 0.29) is 23.8 Å². The van der Waals surface area contributed by atoms with E-state index in [1.807, 2.05) is 25.1 Å². The summed E-state index contributed by atoms with van der Waals surface area (Å²) in [6.45, 7) is 9.01. The highest BCUT2D eigenvalue weighted by atomic mass is 16.6. The predicted molar refractivity (Wildman–Crippen MR) is 119 cm³/mol. The van der Waals surface area contributed by atoms with Crippen molar-refractivity contribution in [3.05, 3.63) is 30.0 Å². The third kappa shape index (κ3) is 5.29. The quantitative estimate of drug-likeness (QED) is 0.633. The van der Waals surface area contributed by atoms with Gasteiger partial charge in [-0.3, -0.25) is 4.68 Å². The molecule has 2 aromatic heterocycles. The van der Waals surface area contributed by atoms with Gasteiger partial charge in [-0.1, -0.05) is 6.07 Å². The number of nitrogens with zero attached hydrogens (tertiary/aromatic N) is 3. The molecule has 3 heterocycles. The first-order valence-corrected chi connectivity index (χ1v) is 11.2. The second-order valence-corrected chi connectivity index (χ2v) is 9.56. The van der Waals surface area contributed by atoms with E-state index in [0.29, 0.717) is 24.2 Å². The van der Waals surface area contributed by atoms with Crippen LogP contribution in [-0.4, -0.2) is 39.6 Å². The molecular weight excluding hydrogens is 394 g/mol. The third-order valence-electron chi connectivity index (χ3n) is 5.81. The molecule has 2 aliphatic rings. The molecule has 4 rings (SSSR count). The van der Waals surface area contributed by atoms with Crippen molar-refractivity contribution >= 4 is 17.7 Å². The number of rotatable bonds is 0. The SMILES string of the molecule is C[C@H]1CCCNC(=O)O[C@@H]2CC[C@@H](C2)c2cc(nn2C(C)(C)C)Nc2cccc(n2)O1. The van der Waals surface area contributed by atoms with Gasteiger partial charge in [0.1, 0.15) is 11.9 Å². The molecule has 2 N–H and O–H groups in total. The lowest BCUT2D eigenvalue weighted by molar-refractivity contribution is 0.0994. The van der Waals surface area contributed by atoms with Gasteiger partial charge in [0, 0.05) is 30.3 Å². The Morgan fingerprint density at radius 3 is 2.77 bits per heavy atom. The van der Waals surface area contributed by atoms with Gasteiger partial charge in [-0.15, -0.1) is 0 Å². The summed E-state index contributed by atoms with van der Waals surface area (Å²) < 4.78 is 13.7. The zero-order valence-electron chi connectivity index (χ0n) is 18.9. The minimum atomic E-state index is -0.332. The second-order valence-electron chi connectivity index (χ2n) is 9.56. The maximum absolute atomic E-state index is 12.2. The van der Waals surface area contributed by atoms with Gasteiger partial charge in [-0.25, -0.2) is 4.79 Å². The highest BCUT2D eigenvalue weighted by molar-refractivity contribution is 5.67. The number of hydrogen-bond acceptors (Lipinski definition) is 6. The average Bonchev–Trinajstić information content (AvgIpc) is 3.31. The van der Waals surface area contributed by atoms with Gasteiger partial charge in [-0.05, 0) is 65.9 Å². The standard InChI is InChI=1S/C23H33N5O3/c1-15-7-6-12-24-22(29)31-17-11-10-16(13-17)18-14-20(27-28(18)23(2,3)4)25-19-8-5-9-21(26-19)30-15/h5,8-9,14-17H,6-7,10-13H2,1-4H3,(H,24,29)(H,25,26,27)/t15-,16-,17+/m0/s1. The molecule has 0 unspecified atom stereocenters. The number of amides is 1. The van der Waals surface area contributed by atoms with Crippen LogP contribution in [0.2, 0.25) is 0 Å². The molecule has 0 radical (unpaired) electrons. The minimum absolute atomic E-state index is 0.0123.